The van der Waals surface area contributed by atoms with E-state index in [4.69, 9.17) is 0 Å². The maximum atomic E-state index is 12.4. The zero-order valence-corrected chi connectivity index (χ0v) is 13.1. The van der Waals surface area contributed by atoms with Crippen LogP contribution in [0.4, 0.5) is 0 Å². The van der Waals surface area contributed by atoms with Gasteiger partial charge in [-0.15, -0.1) is 0 Å². The second-order valence-electron chi connectivity index (χ2n) is 5.67. The van der Waals surface area contributed by atoms with Crippen molar-refractivity contribution >= 4 is 16.9 Å². The van der Waals surface area contributed by atoms with Crippen LogP contribution in [-0.2, 0) is 18.4 Å². The van der Waals surface area contributed by atoms with Gasteiger partial charge >= 0.3 is 0 Å². The molecule has 2 rings (SSSR count). The van der Waals surface area contributed by atoms with Crippen molar-refractivity contribution in [3.8, 4) is 0 Å². The number of carbonyl (C=O) groups excluding carboxylic acids is 1. The van der Waals surface area contributed by atoms with E-state index < -0.39 is 0 Å². The van der Waals surface area contributed by atoms with Crippen LogP contribution in [0.1, 0.15) is 27.7 Å². The summed E-state index contributed by atoms with van der Waals surface area (Å²) in [7, 11) is 1.73. The molecule has 7 nitrogen and oxygen atoms in total. The van der Waals surface area contributed by atoms with Crippen molar-refractivity contribution < 1.29 is 4.79 Å². The van der Waals surface area contributed by atoms with E-state index in [0.29, 0.717) is 11.0 Å². The first-order chi connectivity index (χ1) is 9.82. The van der Waals surface area contributed by atoms with E-state index in [-0.39, 0.29) is 30.1 Å². The van der Waals surface area contributed by atoms with Crippen LogP contribution < -0.4 is 5.56 Å². The summed E-state index contributed by atoms with van der Waals surface area (Å²) in [6, 6.07) is 0.173. The van der Waals surface area contributed by atoms with E-state index in [1.54, 1.807) is 11.9 Å². The van der Waals surface area contributed by atoms with Crippen LogP contribution in [0, 0.1) is 0 Å². The number of amides is 1. The SMILES string of the molecule is CC(C)N(C(=O)Cn1cnc2c(cnn2C)c1=O)C(C)C. The molecule has 1 amide bonds. The quantitative estimate of drug-likeness (QED) is 0.834. The molecule has 0 spiro atoms. The van der Waals surface area contributed by atoms with Gasteiger partial charge in [0.05, 0.1) is 6.20 Å². The predicted molar refractivity (Wildman–Crippen MR) is 79.9 cm³/mol. The fraction of sp³-hybridized carbons (Fsp3) is 0.571. The molecule has 0 atom stereocenters. The van der Waals surface area contributed by atoms with Crippen molar-refractivity contribution in [2.75, 3.05) is 0 Å². The van der Waals surface area contributed by atoms with Crippen molar-refractivity contribution in [3.63, 3.8) is 0 Å². The van der Waals surface area contributed by atoms with Crippen LogP contribution in [0.15, 0.2) is 17.3 Å². The molecular formula is C14H21N5O2. The highest BCUT2D eigenvalue weighted by atomic mass is 16.2. The van der Waals surface area contributed by atoms with Gasteiger partial charge in [-0.1, -0.05) is 0 Å². The molecule has 0 aliphatic carbocycles. The molecule has 2 aromatic rings. The fourth-order valence-electron chi connectivity index (χ4n) is 2.58. The molecule has 0 N–H and O–H groups in total. The third-order valence-corrected chi connectivity index (χ3v) is 3.42. The minimum absolute atomic E-state index is 0.00692. The smallest absolute Gasteiger partial charge is 0.264 e. The molecule has 0 saturated heterocycles. The fourth-order valence-corrected chi connectivity index (χ4v) is 2.58. The van der Waals surface area contributed by atoms with Gasteiger partial charge in [-0.05, 0) is 27.7 Å². The lowest BCUT2D eigenvalue weighted by molar-refractivity contribution is -0.135. The minimum Gasteiger partial charge on any atom is -0.336 e. The predicted octanol–water partition coefficient (Wildman–Crippen LogP) is 0.775. The monoisotopic (exact) mass is 291 g/mol. The van der Waals surface area contributed by atoms with Gasteiger partial charge in [-0.3, -0.25) is 18.8 Å². The number of rotatable bonds is 4. The Kier molecular flexibility index (Phi) is 4.11. The minimum atomic E-state index is -0.242. The number of aryl methyl sites for hydroxylation is 1. The lowest BCUT2D eigenvalue weighted by Gasteiger charge is -2.30. The molecule has 0 aliphatic heterocycles. The Morgan fingerprint density at radius 2 is 1.90 bits per heavy atom. The van der Waals surface area contributed by atoms with Gasteiger partial charge < -0.3 is 4.90 Å². The summed E-state index contributed by atoms with van der Waals surface area (Å²) in [4.78, 5) is 30.7. The molecule has 114 valence electrons. The van der Waals surface area contributed by atoms with Crippen LogP contribution in [0.2, 0.25) is 0 Å². The van der Waals surface area contributed by atoms with Crippen LogP contribution in [0.3, 0.4) is 0 Å². The summed E-state index contributed by atoms with van der Waals surface area (Å²) >= 11 is 0. The molecule has 0 aromatic carbocycles. The highest BCUT2D eigenvalue weighted by Gasteiger charge is 2.21. The van der Waals surface area contributed by atoms with Gasteiger partial charge in [0.1, 0.15) is 18.3 Å². The number of aromatic nitrogens is 4. The van der Waals surface area contributed by atoms with Gasteiger partial charge in [0.15, 0.2) is 5.65 Å². The first-order valence-electron chi connectivity index (χ1n) is 7.01. The van der Waals surface area contributed by atoms with E-state index in [1.807, 2.05) is 27.7 Å². The lowest BCUT2D eigenvalue weighted by atomic mass is 10.2. The molecule has 0 bridgehead atoms. The third-order valence-electron chi connectivity index (χ3n) is 3.42. The van der Waals surface area contributed by atoms with E-state index in [0.717, 1.165) is 0 Å². The lowest BCUT2D eigenvalue weighted by Crippen LogP contribution is -2.44. The molecule has 7 heteroatoms. The number of fused-ring (bicyclic) bond motifs is 1. The Hall–Kier alpha value is -2.18. The molecule has 0 fully saturated rings. The Balaban J connectivity index is 2.33. The van der Waals surface area contributed by atoms with Crippen molar-refractivity contribution in [2.45, 2.75) is 46.3 Å². The Morgan fingerprint density at radius 1 is 1.29 bits per heavy atom. The van der Waals surface area contributed by atoms with Crippen molar-refractivity contribution in [1.82, 2.24) is 24.2 Å². The summed E-state index contributed by atoms with van der Waals surface area (Å²) in [6.45, 7) is 7.84. The molecule has 0 saturated carbocycles. The summed E-state index contributed by atoms with van der Waals surface area (Å²) in [5.41, 5.74) is 0.280. The Morgan fingerprint density at radius 3 is 2.48 bits per heavy atom. The second kappa shape index (κ2) is 5.67. The average Bonchev–Trinajstić information content (AvgIpc) is 2.74. The number of carbonyl (C=O) groups is 1. The highest BCUT2D eigenvalue weighted by molar-refractivity contribution is 5.77. The topological polar surface area (TPSA) is 73.0 Å². The average molecular weight is 291 g/mol. The van der Waals surface area contributed by atoms with E-state index in [1.165, 1.54) is 21.8 Å². The van der Waals surface area contributed by atoms with Gasteiger partial charge in [0, 0.05) is 19.1 Å². The zero-order chi connectivity index (χ0) is 15.7. The van der Waals surface area contributed by atoms with E-state index >= 15 is 0 Å². The number of hydrogen-bond acceptors (Lipinski definition) is 4. The van der Waals surface area contributed by atoms with Crippen molar-refractivity contribution in [2.24, 2.45) is 7.05 Å². The largest absolute Gasteiger partial charge is 0.336 e. The van der Waals surface area contributed by atoms with Crippen molar-refractivity contribution in [3.05, 3.63) is 22.9 Å². The molecule has 0 aliphatic rings. The molecule has 2 heterocycles. The Bertz CT molecular complexity index is 706. The second-order valence-corrected chi connectivity index (χ2v) is 5.67. The van der Waals surface area contributed by atoms with Crippen molar-refractivity contribution in [1.29, 1.82) is 0 Å². The molecular weight excluding hydrogens is 270 g/mol. The third kappa shape index (κ3) is 2.81. The van der Waals surface area contributed by atoms with Crippen LogP contribution in [0.5, 0.6) is 0 Å². The molecule has 0 unspecified atom stereocenters. The van der Waals surface area contributed by atoms with Crippen LogP contribution >= 0.6 is 0 Å². The molecule has 0 radical (unpaired) electrons. The van der Waals surface area contributed by atoms with E-state index in [2.05, 4.69) is 10.1 Å². The molecule has 21 heavy (non-hydrogen) atoms. The first kappa shape index (κ1) is 15.2. The van der Waals surface area contributed by atoms with Gasteiger partial charge in [-0.25, -0.2) is 4.98 Å². The standard InChI is InChI=1S/C14H21N5O2/c1-9(2)19(10(3)4)12(20)7-18-8-15-13-11(14(18)21)6-16-17(13)5/h6,8-10H,7H2,1-5H3. The summed E-state index contributed by atoms with van der Waals surface area (Å²) in [5.74, 6) is -0.0906. The first-order valence-corrected chi connectivity index (χ1v) is 7.01. The molecule has 2 aromatic heterocycles. The van der Waals surface area contributed by atoms with Crippen LogP contribution in [-0.4, -0.2) is 42.2 Å². The zero-order valence-electron chi connectivity index (χ0n) is 13.1. The normalized spacial score (nSPS) is 11.6. The number of hydrogen-bond donors (Lipinski definition) is 0. The number of nitrogens with zero attached hydrogens (tertiary/aromatic N) is 5. The Labute approximate surface area is 123 Å². The maximum absolute atomic E-state index is 12.4. The summed E-state index contributed by atoms with van der Waals surface area (Å²) < 4.78 is 2.88. The van der Waals surface area contributed by atoms with E-state index in [9.17, 15) is 9.59 Å². The summed E-state index contributed by atoms with van der Waals surface area (Å²) in [6.07, 6.45) is 2.89. The maximum Gasteiger partial charge on any atom is 0.264 e. The van der Waals surface area contributed by atoms with Crippen LogP contribution in [0.25, 0.3) is 11.0 Å². The highest BCUT2D eigenvalue weighted by Crippen LogP contribution is 2.07. The van der Waals surface area contributed by atoms with Gasteiger partial charge in [0.2, 0.25) is 5.91 Å². The van der Waals surface area contributed by atoms with Gasteiger partial charge in [-0.2, -0.15) is 5.10 Å². The van der Waals surface area contributed by atoms with Gasteiger partial charge in [0.25, 0.3) is 5.56 Å². The summed E-state index contributed by atoms with van der Waals surface area (Å²) in [5, 5.41) is 4.44.